The Morgan fingerprint density at radius 1 is 1.19 bits per heavy atom. The second-order valence-electron chi connectivity index (χ2n) is 5.37. The standard InChI is InChI=1S/C16H25N3O2/c1-2-21-16(20)19-12-10-18(11-13-19)9-3-4-14-5-7-15(17)8-6-14/h5-8H,2-4,9-13,17H2,1H3. The molecule has 1 amide bonds. The maximum atomic E-state index is 11.6. The molecule has 1 saturated heterocycles. The molecular weight excluding hydrogens is 266 g/mol. The van der Waals surface area contributed by atoms with E-state index in [9.17, 15) is 4.79 Å². The van der Waals surface area contributed by atoms with Gasteiger partial charge in [-0.15, -0.1) is 0 Å². The number of hydrogen-bond acceptors (Lipinski definition) is 4. The first kappa shape index (κ1) is 15.6. The van der Waals surface area contributed by atoms with Crippen molar-refractivity contribution in [2.45, 2.75) is 19.8 Å². The number of carbonyl (C=O) groups is 1. The number of amides is 1. The molecule has 0 aromatic heterocycles. The molecule has 0 atom stereocenters. The lowest BCUT2D eigenvalue weighted by molar-refractivity contribution is 0.0794. The van der Waals surface area contributed by atoms with E-state index in [-0.39, 0.29) is 6.09 Å². The van der Waals surface area contributed by atoms with Gasteiger partial charge in [0, 0.05) is 31.9 Å². The molecule has 1 aromatic rings. The van der Waals surface area contributed by atoms with Gasteiger partial charge in [-0.2, -0.15) is 0 Å². The summed E-state index contributed by atoms with van der Waals surface area (Å²) in [6, 6.07) is 8.09. The van der Waals surface area contributed by atoms with Crippen molar-refractivity contribution in [2.24, 2.45) is 0 Å². The van der Waals surface area contributed by atoms with Gasteiger partial charge in [-0.3, -0.25) is 4.90 Å². The molecule has 1 heterocycles. The van der Waals surface area contributed by atoms with Crippen LogP contribution in [-0.2, 0) is 11.2 Å². The number of aryl methyl sites for hydroxylation is 1. The smallest absolute Gasteiger partial charge is 0.409 e. The molecule has 0 saturated carbocycles. The average Bonchev–Trinajstić information content (AvgIpc) is 2.50. The molecule has 116 valence electrons. The minimum Gasteiger partial charge on any atom is -0.450 e. The van der Waals surface area contributed by atoms with Crippen LogP contribution in [0.15, 0.2) is 24.3 Å². The molecule has 2 N–H and O–H groups in total. The average molecular weight is 291 g/mol. The predicted octanol–water partition coefficient (Wildman–Crippen LogP) is 1.98. The number of carbonyl (C=O) groups excluding carboxylic acids is 1. The summed E-state index contributed by atoms with van der Waals surface area (Å²) in [5.41, 5.74) is 7.82. The van der Waals surface area contributed by atoms with E-state index in [4.69, 9.17) is 10.5 Å². The van der Waals surface area contributed by atoms with Crippen LogP contribution in [0.2, 0.25) is 0 Å². The zero-order chi connectivity index (χ0) is 15.1. The Hall–Kier alpha value is -1.75. The molecular formula is C16H25N3O2. The number of hydrogen-bond donors (Lipinski definition) is 1. The van der Waals surface area contributed by atoms with Crippen LogP contribution in [-0.4, -0.2) is 55.2 Å². The van der Waals surface area contributed by atoms with Crippen LogP contribution in [0.25, 0.3) is 0 Å². The van der Waals surface area contributed by atoms with Crippen molar-refractivity contribution in [3.05, 3.63) is 29.8 Å². The lowest BCUT2D eigenvalue weighted by atomic mass is 10.1. The summed E-state index contributed by atoms with van der Waals surface area (Å²) in [6.07, 6.45) is 2.01. The van der Waals surface area contributed by atoms with Crippen LogP contribution in [0.4, 0.5) is 10.5 Å². The molecule has 5 heteroatoms. The monoisotopic (exact) mass is 291 g/mol. The highest BCUT2D eigenvalue weighted by molar-refractivity contribution is 5.67. The molecule has 0 spiro atoms. The topological polar surface area (TPSA) is 58.8 Å². The van der Waals surface area contributed by atoms with E-state index in [2.05, 4.69) is 17.0 Å². The van der Waals surface area contributed by atoms with E-state index in [0.29, 0.717) is 6.61 Å². The maximum absolute atomic E-state index is 11.6. The summed E-state index contributed by atoms with van der Waals surface area (Å²) in [5.74, 6) is 0. The van der Waals surface area contributed by atoms with Crippen LogP contribution in [0.1, 0.15) is 18.9 Å². The molecule has 1 fully saturated rings. The summed E-state index contributed by atoms with van der Waals surface area (Å²) in [6.45, 7) is 6.75. The van der Waals surface area contributed by atoms with Gasteiger partial charge in [0.2, 0.25) is 0 Å². The first-order valence-electron chi connectivity index (χ1n) is 7.67. The normalized spacial score (nSPS) is 16.0. The van der Waals surface area contributed by atoms with E-state index in [1.54, 1.807) is 4.90 Å². The summed E-state index contributed by atoms with van der Waals surface area (Å²) < 4.78 is 5.02. The van der Waals surface area contributed by atoms with Gasteiger partial charge in [0.15, 0.2) is 0 Å². The number of piperazine rings is 1. The van der Waals surface area contributed by atoms with Gasteiger partial charge in [-0.25, -0.2) is 4.79 Å². The minimum atomic E-state index is -0.181. The number of ether oxygens (including phenoxy) is 1. The van der Waals surface area contributed by atoms with Crippen LogP contribution < -0.4 is 5.73 Å². The Labute approximate surface area is 126 Å². The van der Waals surface area contributed by atoms with Crippen LogP contribution in [0, 0.1) is 0 Å². The third kappa shape index (κ3) is 4.93. The number of benzene rings is 1. The van der Waals surface area contributed by atoms with Crippen LogP contribution >= 0.6 is 0 Å². The fraction of sp³-hybridized carbons (Fsp3) is 0.562. The molecule has 0 bridgehead atoms. The van der Waals surface area contributed by atoms with E-state index in [1.165, 1.54) is 5.56 Å². The summed E-state index contributed by atoms with van der Waals surface area (Å²) in [5, 5.41) is 0. The quantitative estimate of drug-likeness (QED) is 0.843. The molecule has 0 radical (unpaired) electrons. The van der Waals surface area contributed by atoms with Gasteiger partial charge in [-0.05, 0) is 44.0 Å². The van der Waals surface area contributed by atoms with Crippen molar-refractivity contribution in [1.29, 1.82) is 0 Å². The van der Waals surface area contributed by atoms with Gasteiger partial charge in [0.05, 0.1) is 6.61 Å². The fourth-order valence-corrected chi connectivity index (χ4v) is 2.56. The van der Waals surface area contributed by atoms with E-state index < -0.39 is 0 Å². The summed E-state index contributed by atoms with van der Waals surface area (Å²) in [4.78, 5) is 15.8. The summed E-state index contributed by atoms with van der Waals surface area (Å²) in [7, 11) is 0. The Morgan fingerprint density at radius 3 is 2.48 bits per heavy atom. The highest BCUT2D eigenvalue weighted by Crippen LogP contribution is 2.09. The van der Waals surface area contributed by atoms with Gasteiger partial charge in [-0.1, -0.05) is 12.1 Å². The van der Waals surface area contributed by atoms with Crippen molar-refractivity contribution in [3.8, 4) is 0 Å². The molecule has 1 aliphatic rings. The molecule has 1 aliphatic heterocycles. The van der Waals surface area contributed by atoms with Gasteiger partial charge < -0.3 is 15.4 Å². The van der Waals surface area contributed by atoms with Crippen molar-refractivity contribution in [1.82, 2.24) is 9.80 Å². The van der Waals surface area contributed by atoms with E-state index in [0.717, 1.165) is 51.3 Å². The minimum absolute atomic E-state index is 0.181. The molecule has 2 rings (SSSR count). The van der Waals surface area contributed by atoms with Gasteiger partial charge >= 0.3 is 6.09 Å². The first-order chi connectivity index (χ1) is 10.2. The number of rotatable bonds is 5. The zero-order valence-corrected chi connectivity index (χ0v) is 12.8. The number of nitrogens with zero attached hydrogens (tertiary/aromatic N) is 2. The number of nitrogen functional groups attached to an aromatic ring is 1. The molecule has 0 aliphatic carbocycles. The van der Waals surface area contributed by atoms with Crippen molar-refractivity contribution < 1.29 is 9.53 Å². The van der Waals surface area contributed by atoms with Crippen LogP contribution in [0.3, 0.4) is 0 Å². The number of anilines is 1. The molecule has 1 aromatic carbocycles. The second-order valence-corrected chi connectivity index (χ2v) is 5.37. The predicted molar refractivity (Wildman–Crippen MR) is 84.2 cm³/mol. The Morgan fingerprint density at radius 2 is 1.86 bits per heavy atom. The molecule has 21 heavy (non-hydrogen) atoms. The first-order valence-corrected chi connectivity index (χ1v) is 7.67. The maximum Gasteiger partial charge on any atom is 0.409 e. The SMILES string of the molecule is CCOC(=O)N1CCN(CCCc2ccc(N)cc2)CC1. The van der Waals surface area contributed by atoms with Crippen molar-refractivity contribution in [2.75, 3.05) is 45.1 Å². The van der Waals surface area contributed by atoms with Gasteiger partial charge in [0.25, 0.3) is 0 Å². The van der Waals surface area contributed by atoms with Crippen LogP contribution in [0.5, 0.6) is 0 Å². The van der Waals surface area contributed by atoms with Crippen molar-refractivity contribution in [3.63, 3.8) is 0 Å². The van der Waals surface area contributed by atoms with E-state index >= 15 is 0 Å². The fourth-order valence-electron chi connectivity index (χ4n) is 2.56. The third-order valence-corrected chi connectivity index (χ3v) is 3.82. The Kier molecular flexibility index (Phi) is 5.87. The molecule has 5 nitrogen and oxygen atoms in total. The Balaban J connectivity index is 1.65. The largest absolute Gasteiger partial charge is 0.450 e. The molecule has 0 unspecified atom stereocenters. The van der Waals surface area contributed by atoms with Crippen molar-refractivity contribution >= 4 is 11.8 Å². The van der Waals surface area contributed by atoms with Gasteiger partial charge in [0.1, 0.15) is 0 Å². The summed E-state index contributed by atoms with van der Waals surface area (Å²) >= 11 is 0. The lowest BCUT2D eigenvalue weighted by Gasteiger charge is -2.34. The second kappa shape index (κ2) is 7.88. The van der Waals surface area contributed by atoms with E-state index in [1.807, 2.05) is 19.1 Å². The highest BCUT2D eigenvalue weighted by Gasteiger charge is 2.21. The lowest BCUT2D eigenvalue weighted by Crippen LogP contribution is -2.49. The number of nitrogens with two attached hydrogens (primary N) is 1. The Bertz CT molecular complexity index is 439. The zero-order valence-electron chi connectivity index (χ0n) is 12.8. The third-order valence-electron chi connectivity index (χ3n) is 3.82. The highest BCUT2D eigenvalue weighted by atomic mass is 16.6.